The summed E-state index contributed by atoms with van der Waals surface area (Å²) in [7, 11) is -3.48. The van der Waals surface area contributed by atoms with E-state index in [1.54, 1.807) is 24.3 Å². The maximum Gasteiger partial charge on any atom is 0.416 e. The summed E-state index contributed by atoms with van der Waals surface area (Å²) in [4.78, 5) is 12.9. The first kappa shape index (κ1) is 18.2. The standard InChI is InChI=1S/C18H13F3O4S/c1-26(23,24)10-15-16(13-4-2-3-5-14(13)25-15)17(22)11-6-8-12(9-7-11)18(19,20)21/h2-9H,10H2,1H3. The Kier molecular flexibility index (Phi) is 4.39. The van der Waals surface area contributed by atoms with Gasteiger partial charge in [0, 0.05) is 17.2 Å². The molecule has 0 unspecified atom stereocenters. The topological polar surface area (TPSA) is 64.3 Å². The number of fused-ring (bicyclic) bond motifs is 1. The van der Waals surface area contributed by atoms with Crippen LogP contribution in [0.4, 0.5) is 13.2 Å². The van der Waals surface area contributed by atoms with Gasteiger partial charge in [-0.1, -0.05) is 30.3 Å². The number of hydrogen-bond donors (Lipinski definition) is 0. The van der Waals surface area contributed by atoms with Crippen LogP contribution >= 0.6 is 0 Å². The molecule has 8 heteroatoms. The van der Waals surface area contributed by atoms with E-state index in [2.05, 4.69) is 0 Å². The molecule has 0 saturated carbocycles. The monoisotopic (exact) mass is 382 g/mol. The van der Waals surface area contributed by atoms with E-state index in [0.29, 0.717) is 11.0 Å². The van der Waals surface area contributed by atoms with Gasteiger partial charge in [0.05, 0.1) is 11.1 Å². The van der Waals surface area contributed by atoms with Crippen molar-refractivity contribution in [3.8, 4) is 0 Å². The van der Waals surface area contributed by atoms with Crippen LogP contribution in [-0.4, -0.2) is 20.5 Å². The molecule has 1 aromatic heterocycles. The molecule has 0 aliphatic carbocycles. The quantitative estimate of drug-likeness (QED) is 0.634. The van der Waals surface area contributed by atoms with Gasteiger partial charge in [-0.2, -0.15) is 13.2 Å². The minimum absolute atomic E-state index is 0.0132. The Hall–Kier alpha value is -2.61. The zero-order valence-electron chi connectivity index (χ0n) is 13.5. The van der Waals surface area contributed by atoms with Crippen molar-refractivity contribution in [2.24, 2.45) is 0 Å². The Bertz CT molecular complexity index is 1080. The van der Waals surface area contributed by atoms with Gasteiger partial charge in [-0.25, -0.2) is 8.42 Å². The number of carbonyl (C=O) groups excluding carboxylic acids is 1. The summed E-state index contributed by atoms with van der Waals surface area (Å²) in [5, 5.41) is 0.413. The molecule has 26 heavy (non-hydrogen) atoms. The summed E-state index contributed by atoms with van der Waals surface area (Å²) in [6.07, 6.45) is -3.50. The zero-order valence-corrected chi connectivity index (χ0v) is 14.3. The average molecular weight is 382 g/mol. The van der Waals surface area contributed by atoms with Crippen molar-refractivity contribution in [3.05, 3.63) is 71.0 Å². The zero-order chi connectivity index (χ0) is 19.1. The van der Waals surface area contributed by atoms with E-state index in [-0.39, 0.29) is 16.9 Å². The maximum absolute atomic E-state index is 12.9. The molecular formula is C18H13F3O4S. The first-order valence-electron chi connectivity index (χ1n) is 7.46. The van der Waals surface area contributed by atoms with Crippen molar-refractivity contribution in [3.63, 3.8) is 0 Å². The first-order chi connectivity index (χ1) is 12.1. The molecule has 0 amide bonds. The fraction of sp³-hybridized carbons (Fsp3) is 0.167. The molecule has 4 nitrogen and oxygen atoms in total. The second-order valence-electron chi connectivity index (χ2n) is 5.87. The second kappa shape index (κ2) is 6.28. The van der Waals surface area contributed by atoms with E-state index < -0.39 is 33.1 Å². The van der Waals surface area contributed by atoms with Gasteiger partial charge in [-0.15, -0.1) is 0 Å². The lowest BCUT2D eigenvalue weighted by Crippen LogP contribution is -2.09. The Balaban J connectivity index is 2.11. The van der Waals surface area contributed by atoms with Crippen LogP contribution in [-0.2, 0) is 21.8 Å². The summed E-state index contributed by atoms with van der Waals surface area (Å²) in [5.41, 5.74) is -0.478. The van der Waals surface area contributed by atoms with Gasteiger partial charge in [0.15, 0.2) is 15.6 Å². The molecule has 0 saturated heterocycles. The molecule has 0 aliphatic heterocycles. The van der Waals surface area contributed by atoms with Gasteiger partial charge in [0.2, 0.25) is 0 Å². The van der Waals surface area contributed by atoms with Gasteiger partial charge in [0.1, 0.15) is 17.1 Å². The molecule has 2 aromatic carbocycles. The van der Waals surface area contributed by atoms with Crippen LogP contribution in [0.5, 0.6) is 0 Å². The van der Waals surface area contributed by atoms with E-state index >= 15 is 0 Å². The third kappa shape index (κ3) is 3.65. The summed E-state index contributed by atoms with van der Waals surface area (Å²) >= 11 is 0. The molecule has 1 heterocycles. The minimum Gasteiger partial charge on any atom is -0.459 e. The molecule has 0 N–H and O–H groups in total. The molecule has 0 spiro atoms. The number of hydrogen-bond acceptors (Lipinski definition) is 4. The highest BCUT2D eigenvalue weighted by Gasteiger charge is 2.31. The third-order valence-electron chi connectivity index (χ3n) is 3.76. The number of halogens is 3. The number of furan rings is 1. The third-order valence-corrected chi connectivity index (χ3v) is 4.55. The highest BCUT2D eigenvalue weighted by atomic mass is 32.2. The van der Waals surface area contributed by atoms with Crippen molar-refractivity contribution >= 4 is 26.6 Å². The predicted molar refractivity (Wildman–Crippen MR) is 89.6 cm³/mol. The molecule has 0 aliphatic rings. The van der Waals surface area contributed by atoms with E-state index in [0.717, 1.165) is 30.5 Å². The molecule has 0 bridgehead atoms. The summed E-state index contributed by atoms with van der Waals surface area (Å²) in [5.74, 6) is -1.11. The number of alkyl halides is 3. The lowest BCUT2D eigenvalue weighted by Gasteiger charge is -2.07. The number of rotatable bonds is 4. The Morgan fingerprint density at radius 1 is 1.04 bits per heavy atom. The normalized spacial score (nSPS) is 12.5. The first-order valence-corrected chi connectivity index (χ1v) is 9.52. The minimum atomic E-state index is -4.51. The van der Waals surface area contributed by atoms with E-state index in [1.807, 2.05) is 0 Å². The molecule has 0 radical (unpaired) electrons. The predicted octanol–water partition coefficient (Wildman–Crippen LogP) is 4.23. The Morgan fingerprint density at radius 3 is 2.23 bits per heavy atom. The van der Waals surface area contributed by atoms with Crippen LogP contribution < -0.4 is 0 Å². The lowest BCUT2D eigenvalue weighted by atomic mass is 9.99. The van der Waals surface area contributed by atoms with Gasteiger partial charge in [-0.05, 0) is 18.2 Å². The molecular weight excluding hydrogens is 369 g/mol. The number of carbonyl (C=O) groups is 1. The molecule has 136 valence electrons. The smallest absolute Gasteiger partial charge is 0.416 e. The van der Waals surface area contributed by atoms with Crippen molar-refractivity contribution in [2.45, 2.75) is 11.9 Å². The van der Waals surface area contributed by atoms with Gasteiger partial charge in [-0.3, -0.25) is 4.79 Å². The van der Waals surface area contributed by atoms with Gasteiger partial charge < -0.3 is 4.42 Å². The summed E-state index contributed by atoms with van der Waals surface area (Å²) in [6.45, 7) is 0. The summed E-state index contributed by atoms with van der Waals surface area (Å²) < 4.78 is 66.9. The highest BCUT2D eigenvalue weighted by Crippen LogP contribution is 2.32. The number of benzene rings is 2. The van der Waals surface area contributed by atoms with Crippen molar-refractivity contribution in [1.82, 2.24) is 0 Å². The van der Waals surface area contributed by atoms with Crippen LogP contribution in [0.15, 0.2) is 52.9 Å². The van der Waals surface area contributed by atoms with Crippen LogP contribution in [0.25, 0.3) is 11.0 Å². The maximum atomic E-state index is 12.9. The van der Waals surface area contributed by atoms with Crippen LogP contribution in [0.1, 0.15) is 27.2 Å². The summed E-state index contributed by atoms with van der Waals surface area (Å²) in [6, 6.07) is 10.3. The van der Waals surface area contributed by atoms with E-state index in [4.69, 9.17) is 4.42 Å². The van der Waals surface area contributed by atoms with Crippen LogP contribution in [0.3, 0.4) is 0 Å². The Labute approximate surface area is 147 Å². The van der Waals surface area contributed by atoms with Gasteiger partial charge >= 0.3 is 6.18 Å². The van der Waals surface area contributed by atoms with Crippen molar-refractivity contribution in [1.29, 1.82) is 0 Å². The fourth-order valence-electron chi connectivity index (χ4n) is 2.64. The highest BCUT2D eigenvalue weighted by molar-refractivity contribution is 7.89. The van der Waals surface area contributed by atoms with E-state index in [9.17, 15) is 26.4 Å². The lowest BCUT2D eigenvalue weighted by molar-refractivity contribution is -0.137. The van der Waals surface area contributed by atoms with Crippen LogP contribution in [0.2, 0.25) is 0 Å². The fourth-order valence-corrected chi connectivity index (χ4v) is 3.32. The average Bonchev–Trinajstić information content (AvgIpc) is 2.89. The second-order valence-corrected chi connectivity index (χ2v) is 8.01. The molecule has 0 atom stereocenters. The number of para-hydroxylation sites is 1. The van der Waals surface area contributed by atoms with Crippen molar-refractivity contribution in [2.75, 3.05) is 6.26 Å². The van der Waals surface area contributed by atoms with Crippen molar-refractivity contribution < 1.29 is 30.8 Å². The van der Waals surface area contributed by atoms with Gasteiger partial charge in [0.25, 0.3) is 0 Å². The largest absolute Gasteiger partial charge is 0.459 e. The number of sulfone groups is 1. The van der Waals surface area contributed by atoms with E-state index in [1.165, 1.54) is 0 Å². The molecule has 3 aromatic rings. The molecule has 3 rings (SSSR count). The molecule has 0 fully saturated rings. The Morgan fingerprint density at radius 2 is 1.65 bits per heavy atom. The number of ketones is 1. The van der Waals surface area contributed by atoms with Crippen LogP contribution in [0, 0.1) is 0 Å². The SMILES string of the molecule is CS(=O)(=O)Cc1oc2ccccc2c1C(=O)c1ccc(C(F)(F)F)cc1.